The van der Waals surface area contributed by atoms with E-state index in [1.165, 1.54) is 4.57 Å². The van der Waals surface area contributed by atoms with Crippen LogP contribution in [0.15, 0.2) is 24.7 Å². The first kappa shape index (κ1) is 13.1. The molecule has 0 amide bonds. The molecule has 0 aliphatic rings. The molecular weight excluding hydrogens is 242 g/mol. The lowest BCUT2D eigenvalue weighted by Gasteiger charge is -2.19. The van der Waals surface area contributed by atoms with Gasteiger partial charge in [0.05, 0.1) is 18.0 Å². The first-order valence-electron chi connectivity index (χ1n) is 5.96. The van der Waals surface area contributed by atoms with Crippen LogP contribution in [0.1, 0.15) is 26.3 Å². The van der Waals surface area contributed by atoms with Gasteiger partial charge in [-0.15, -0.1) is 0 Å². The van der Waals surface area contributed by atoms with Gasteiger partial charge in [0.1, 0.15) is 5.60 Å². The maximum absolute atomic E-state index is 12.1. The fourth-order valence-corrected chi connectivity index (χ4v) is 1.83. The summed E-state index contributed by atoms with van der Waals surface area (Å²) in [5.41, 5.74) is 0.918. The fourth-order valence-electron chi connectivity index (χ4n) is 1.83. The van der Waals surface area contributed by atoms with E-state index < -0.39 is 11.7 Å². The number of nitrogens with zero attached hydrogens (tertiary/aromatic N) is 3. The van der Waals surface area contributed by atoms with E-state index >= 15 is 0 Å². The minimum Gasteiger partial charge on any atom is -0.443 e. The van der Waals surface area contributed by atoms with Crippen LogP contribution >= 0.6 is 0 Å². The number of fused-ring (bicyclic) bond motifs is 1. The van der Waals surface area contributed by atoms with Gasteiger partial charge < -0.3 is 4.74 Å². The quantitative estimate of drug-likeness (QED) is 0.787. The normalized spacial score (nSPS) is 11.3. The van der Waals surface area contributed by atoms with Gasteiger partial charge in [0, 0.05) is 24.0 Å². The molecule has 0 aliphatic carbocycles. The second-order valence-corrected chi connectivity index (χ2v) is 5.23. The van der Waals surface area contributed by atoms with Gasteiger partial charge in [0.15, 0.2) is 0 Å². The average Bonchev–Trinajstić information content (AvgIpc) is 2.67. The summed E-state index contributed by atoms with van der Waals surface area (Å²) in [7, 11) is 0. The smallest absolute Gasteiger partial charge is 0.419 e. The summed E-state index contributed by atoms with van der Waals surface area (Å²) < 4.78 is 6.77. The van der Waals surface area contributed by atoms with Gasteiger partial charge in [0.25, 0.3) is 0 Å². The molecular formula is C14H15N3O2. The first-order valence-corrected chi connectivity index (χ1v) is 5.96. The monoisotopic (exact) mass is 257 g/mol. The highest BCUT2D eigenvalue weighted by Gasteiger charge is 2.20. The second kappa shape index (κ2) is 4.73. The molecule has 0 fully saturated rings. The molecule has 5 nitrogen and oxygen atoms in total. The van der Waals surface area contributed by atoms with Crippen molar-refractivity contribution in [2.75, 3.05) is 0 Å². The Morgan fingerprint density at radius 3 is 2.89 bits per heavy atom. The third-order valence-corrected chi connectivity index (χ3v) is 2.55. The molecule has 2 rings (SSSR count). The summed E-state index contributed by atoms with van der Waals surface area (Å²) in [4.78, 5) is 16.2. The molecule has 0 radical (unpaired) electrons. The number of ether oxygens (including phenoxy) is 1. The Labute approximate surface area is 111 Å². The third kappa shape index (κ3) is 2.74. The molecule has 0 N–H and O–H groups in total. The predicted octanol–water partition coefficient (Wildman–Crippen LogP) is 2.89. The second-order valence-electron chi connectivity index (χ2n) is 5.23. The van der Waals surface area contributed by atoms with Crippen LogP contribution < -0.4 is 0 Å². The van der Waals surface area contributed by atoms with E-state index in [-0.39, 0.29) is 6.42 Å². The van der Waals surface area contributed by atoms with Crippen LogP contribution in [0.2, 0.25) is 0 Å². The zero-order valence-electron chi connectivity index (χ0n) is 11.2. The molecule has 0 aromatic carbocycles. The summed E-state index contributed by atoms with van der Waals surface area (Å²) in [6.45, 7) is 5.44. The van der Waals surface area contributed by atoms with Crippen molar-refractivity contribution in [2.45, 2.75) is 32.8 Å². The van der Waals surface area contributed by atoms with E-state index in [0.29, 0.717) is 5.52 Å². The first-order chi connectivity index (χ1) is 8.92. The number of nitriles is 1. The third-order valence-electron chi connectivity index (χ3n) is 2.55. The lowest BCUT2D eigenvalue weighted by molar-refractivity contribution is 0.0544. The Balaban J connectivity index is 2.49. The summed E-state index contributed by atoms with van der Waals surface area (Å²) in [6.07, 6.45) is 4.69. The average molecular weight is 257 g/mol. The number of hydrogen-bond donors (Lipinski definition) is 0. The van der Waals surface area contributed by atoms with Crippen molar-refractivity contribution in [3.8, 4) is 6.07 Å². The Morgan fingerprint density at radius 2 is 2.26 bits per heavy atom. The van der Waals surface area contributed by atoms with Crippen molar-refractivity contribution in [2.24, 2.45) is 0 Å². The van der Waals surface area contributed by atoms with E-state index in [1.807, 2.05) is 20.8 Å². The molecule has 2 aromatic heterocycles. The molecule has 0 saturated heterocycles. The summed E-state index contributed by atoms with van der Waals surface area (Å²) in [5, 5.41) is 9.62. The van der Waals surface area contributed by atoms with Gasteiger partial charge in [-0.2, -0.15) is 5.26 Å². The molecule has 0 spiro atoms. The van der Waals surface area contributed by atoms with Crippen molar-refractivity contribution in [1.82, 2.24) is 9.55 Å². The van der Waals surface area contributed by atoms with Gasteiger partial charge in [-0.05, 0) is 32.4 Å². The van der Waals surface area contributed by atoms with Gasteiger partial charge in [0.2, 0.25) is 0 Å². The lowest BCUT2D eigenvalue weighted by atomic mass is 10.2. The number of carbonyl (C=O) groups excluding carboxylic acids is 1. The SMILES string of the molecule is CC(C)(C)OC(=O)n1cc(CC#N)c2cnccc21. The van der Waals surface area contributed by atoms with Crippen LogP contribution in [-0.2, 0) is 11.2 Å². The Bertz CT molecular complexity index is 659. The van der Waals surface area contributed by atoms with Gasteiger partial charge in [-0.25, -0.2) is 4.79 Å². The fraction of sp³-hybridized carbons (Fsp3) is 0.357. The van der Waals surface area contributed by atoms with Crippen LogP contribution in [0.4, 0.5) is 4.79 Å². The molecule has 98 valence electrons. The Kier molecular flexibility index (Phi) is 3.26. The molecule has 5 heteroatoms. The number of pyridine rings is 1. The summed E-state index contributed by atoms with van der Waals surface area (Å²) in [5.74, 6) is 0. The van der Waals surface area contributed by atoms with Crippen molar-refractivity contribution in [3.63, 3.8) is 0 Å². The largest absolute Gasteiger partial charge is 0.443 e. The number of rotatable bonds is 1. The van der Waals surface area contributed by atoms with Crippen LogP contribution in [0.3, 0.4) is 0 Å². The molecule has 2 heterocycles. The number of carbonyl (C=O) groups is 1. The highest BCUT2D eigenvalue weighted by atomic mass is 16.6. The lowest BCUT2D eigenvalue weighted by Crippen LogP contribution is -2.26. The van der Waals surface area contributed by atoms with E-state index in [0.717, 1.165) is 10.9 Å². The van der Waals surface area contributed by atoms with Gasteiger partial charge >= 0.3 is 6.09 Å². The zero-order chi connectivity index (χ0) is 14.0. The molecule has 0 unspecified atom stereocenters. The predicted molar refractivity (Wildman–Crippen MR) is 70.7 cm³/mol. The van der Waals surface area contributed by atoms with Crippen LogP contribution in [0.25, 0.3) is 10.9 Å². The number of hydrogen-bond acceptors (Lipinski definition) is 4. The molecule has 19 heavy (non-hydrogen) atoms. The van der Waals surface area contributed by atoms with E-state index in [1.54, 1.807) is 24.7 Å². The maximum atomic E-state index is 12.1. The summed E-state index contributed by atoms with van der Waals surface area (Å²) >= 11 is 0. The standard InChI is InChI=1S/C14H15N3O2/c1-14(2,3)19-13(18)17-9-10(4-6-15)11-8-16-7-5-12(11)17/h5,7-9H,4H2,1-3H3. The molecule has 0 aliphatic heterocycles. The van der Waals surface area contributed by atoms with Crippen LogP contribution in [-0.4, -0.2) is 21.2 Å². The number of aromatic nitrogens is 2. The van der Waals surface area contributed by atoms with E-state index in [4.69, 9.17) is 10.00 Å². The van der Waals surface area contributed by atoms with Crippen molar-refractivity contribution >= 4 is 17.0 Å². The molecule has 2 aromatic rings. The van der Waals surface area contributed by atoms with E-state index in [9.17, 15) is 4.79 Å². The molecule has 0 bridgehead atoms. The van der Waals surface area contributed by atoms with Gasteiger partial charge in [-0.1, -0.05) is 0 Å². The van der Waals surface area contributed by atoms with Crippen LogP contribution in [0.5, 0.6) is 0 Å². The molecule has 0 saturated carbocycles. The Morgan fingerprint density at radius 1 is 1.53 bits per heavy atom. The molecule has 0 atom stereocenters. The highest BCUT2D eigenvalue weighted by molar-refractivity contribution is 5.91. The highest BCUT2D eigenvalue weighted by Crippen LogP contribution is 2.22. The maximum Gasteiger partial charge on any atom is 0.419 e. The van der Waals surface area contributed by atoms with Crippen molar-refractivity contribution in [1.29, 1.82) is 5.26 Å². The Hall–Kier alpha value is -2.35. The topological polar surface area (TPSA) is 67.9 Å². The van der Waals surface area contributed by atoms with Gasteiger partial charge in [-0.3, -0.25) is 9.55 Å². The summed E-state index contributed by atoms with van der Waals surface area (Å²) in [6, 6.07) is 3.82. The van der Waals surface area contributed by atoms with E-state index in [2.05, 4.69) is 11.1 Å². The zero-order valence-corrected chi connectivity index (χ0v) is 11.2. The van der Waals surface area contributed by atoms with Crippen molar-refractivity contribution in [3.05, 3.63) is 30.2 Å². The van der Waals surface area contributed by atoms with Crippen LogP contribution in [0, 0.1) is 11.3 Å². The minimum absolute atomic E-state index is 0.234. The minimum atomic E-state index is -0.559. The van der Waals surface area contributed by atoms with Crippen molar-refractivity contribution < 1.29 is 9.53 Å².